The SMILES string of the molecule is CCOC(=O)c1c(N=CN(C)C)sc(C=NNc2nc3ccccc3[nH]2)c1-c1ccccc1. The van der Waals surface area contributed by atoms with Gasteiger partial charge in [-0.15, -0.1) is 11.3 Å². The average Bonchev–Trinajstić information content (AvgIpc) is 3.39. The summed E-state index contributed by atoms with van der Waals surface area (Å²) >= 11 is 1.37. The second-order valence-electron chi connectivity index (χ2n) is 7.29. The van der Waals surface area contributed by atoms with Crippen LogP contribution in [-0.4, -0.2) is 54.1 Å². The Bertz CT molecular complexity index is 1270. The van der Waals surface area contributed by atoms with Gasteiger partial charge in [0.2, 0.25) is 5.95 Å². The second-order valence-corrected chi connectivity index (χ2v) is 8.32. The number of benzene rings is 2. The third-order valence-corrected chi connectivity index (χ3v) is 5.64. The molecule has 0 aliphatic heterocycles. The lowest BCUT2D eigenvalue weighted by Gasteiger charge is -2.07. The van der Waals surface area contributed by atoms with Gasteiger partial charge in [0.15, 0.2) is 0 Å². The predicted molar refractivity (Wildman–Crippen MR) is 135 cm³/mol. The molecule has 0 amide bonds. The summed E-state index contributed by atoms with van der Waals surface area (Å²) in [4.78, 5) is 27.7. The molecule has 0 spiro atoms. The number of nitrogens with zero attached hydrogens (tertiary/aromatic N) is 4. The number of rotatable bonds is 8. The Morgan fingerprint density at radius 1 is 1.18 bits per heavy atom. The van der Waals surface area contributed by atoms with E-state index in [1.165, 1.54) is 11.3 Å². The number of aromatic nitrogens is 2. The molecule has 168 valence electrons. The van der Waals surface area contributed by atoms with Gasteiger partial charge in [-0.2, -0.15) is 5.10 Å². The van der Waals surface area contributed by atoms with E-state index >= 15 is 0 Å². The predicted octanol–water partition coefficient (Wildman–Crippen LogP) is 5.14. The zero-order valence-corrected chi connectivity index (χ0v) is 19.4. The molecule has 2 aromatic heterocycles. The number of thiophene rings is 1. The Hall–Kier alpha value is -3.98. The average molecular weight is 461 g/mol. The van der Waals surface area contributed by atoms with Gasteiger partial charge in [-0.05, 0) is 24.6 Å². The number of hydrogen-bond acceptors (Lipinski definition) is 7. The minimum atomic E-state index is -0.414. The number of aromatic amines is 1. The number of fused-ring (bicyclic) bond motifs is 1. The Kier molecular flexibility index (Phi) is 6.80. The summed E-state index contributed by atoms with van der Waals surface area (Å²) in [7, 11) is 3.75. The van der Waals surface area contributed by atoms with Crippen LogP contribution in [0.3, 0.4) is 0 Å². The molecule has 0 unspecified atom stereocenters. The third-order valence-electron chi connectivity index (χ3n) is 4.61. The number of anilines is 1. The Balaban J connectivity index is 1.75. The molecule has 0 bridgehead atoms. The van der Waals surface area contributed by atoms with Crippen molar-refractivity contribution >= 4 is 51.8 Å². The number of carbonyl (C=O) groups excluding carboxylic acids is 1. The molecule has 0 saturated carbocycles. The van der Waals surface area contributed by atoms with Crippen molar-refractivity contribution < 1.29 is 9.53 Å². The number of para-hydroxylation sites is 2. The van der Waals surface area contributed by atoms with Gasteiger partial charge in [-0.25, -0.2) is 20.2 Å². The number of imidazole rings is 1. The zero-order chi connectivity index (χ0) is 23.2. The van der Waals surface area contributed by atoms with E-state index < -0.39 is 5.97 Å². The van der Waals surface area contributed by atoms with Crippen LogP contribution in [0.5, 0.6) is 0 Å². The number of hydrazone groups is 1. The van der Waals surface area contributed by atoms with Crippen LogP contribution in [-0.2, 0) is 4.74 Å². The molecule has 8 nitrogen and oxygen atoms in total. The number of carbonyl (C=O) groups is 1. The van der Waals surface area contributed by atoms with Crippen LogP contribution in [0, 0.1) is 0 Å². The lowest BCUT2D eigenvalue weighted by atomic mass is 10.0. The van der Waals surface area contributed by atoms with Gasteiger partial charge < -0.3 is 14.6 Å². The molecule has 0 aliphatic rings. The first-order chi connectivity index (χ1) is 16.1. The molecule has 2 heterocycles. The quantitative estimate of drug-likeness (QED) is 0.164. The molecule has 0 fully saturated rings. The largest absolute Gasteiger partial charge is 0.462 e. The molecule has 4 rings (SSSR count). The lowest BCUT2D eigenvalue weighted by molar-refractivity contribution is 0.0529. The lowest BCUT2D eigenvalue weighted by Crippen LogP contribution is -2.08. The number of ether oxygens (including phenoxy) is 1. The minimum Gasteiger partial charge on any atom is -0.462 e. The summed E-state index contributed by atoms with van der Waals surface area (Å²) in [5, 5.41) is 4.94. The first kappa shape index (κ1) is 22.2. The molecule has 0 radical (unpaired) electrons. The summed E-state index contributed by atoms with van der Waals surface area (Å²) in [5.74, 6) is 0.116. The summed E-state index contributed by atoms with van der Waals surface area (Å²) in [6, 6.07) is 17.4. The van der Waals surface area contributed by atoms with E-state index in [-0.39, 0.29) is 6.61 Å². The first-order valence-electron chi connectivity index (χ1n) is 10.4. The van der Waals surface area contributed by atoms with Crippen LogP contribution >= 0.6 is 11.3 Å². The summed E-state index contributed by atoms with van der Waals surface area (Å²) in [5.41, 5.74) is 6.75. The second kappa shape index (κ2) is 10.1. The van der Waals surface area contributed by atoms with Gasteiger partial charge in [0.1, 0.15) is 10.6 Å². The molecule has 0 aliphatic carbocycles. The number of hydrogen-bond donors (Lipinski definition) is 2. The van der Waals surface area contributed by atoms with Crippen molar-refractivity contribution in [1.82, 2.24) is 14.9 Å². The molecule has 4 aromatic rings. The Morgan fingerprint density at radius 2 is 1.94 bits per heavy atom. The van der Waals surface area contributed by atoms with E-state index in [1.54, 1.807) is 19.5 Å². The normalized spacial score (nSPS) is 11.5. The van der Waals surface area contributed by atoms with E-state index in [4.69, 9.17) is 4.74 Å². The molecular formula is C24H24N6O2S. The monoisotopic (exact) mass is 460 g/mol. The van der Waals surface area contributed by atoms with Gasteiger partial charge >= 0.3 is 5.97 Å². The van der Waals surface area contributed by atoms with Crippen molar-refractivity contribution in [1.29, 1.82) is 0 Å². The molecule has 0 atom stereocenters. The molecular weight excluding hydrogens is 436 g/mol. The van der Waals surface area contributed by atoms with E-state index in [9.17, 15) is 4.79 Å². The zero-order valence-electron chi connectivity index (χ0n) is 18.6. The summed E-state index contributed by atoms with van der Waals surface area (Å²) in [6.45, 7) is 2.06. The first-order valence-corrected chi connectivity index (χ1v) is 11.2. The highest BCUT2D eigenvalue weighted by molar-refractivity contribution is 7.18. The topological polar surface area (TPSA) is 95.0 Å². The van der Waals surface area contributed by atoms with E-state index in [2.05, 4.69) is 25.5 Å². The minimum absolute atomic E-state index is 0.275. The third kappa shape index (κ3) is 5.09. The van der Waals surface area contributed by atoms with Crippen molar-refractivity contribution in [3.8, 4) is 11.1 Å². The van der Waals surface area contributed by atoms with Crippen LogP contribution in [0.4, 0.5) is 10.9 Å². The Labute approximate surface area is 195 Å². The highest BCUT2D eigenvalue weighted by atomic mass is 32.1. The van der Waals surface area contributed by atoms with Crippen LogP contribution in [0.2, 0.25) is 0 Å². The van der Waals surface area contributed by atoms with Crippen molar-refractivity contribution in [3.63, 3.8) is 0 Å². The number of nitrogens with one attached hydrogen (secondary N) is 2. The van der Waals surface area contributed by atoms with Crippen LogP contribution < -0.4 is 5.43 Å². The van der Waals surface area contributed by atoms with Crippen LogP contribution in [0.15, 0.2) is 64.7 Å². The van der Waals surface area contributed by atoms with Crippen molar-refractivity contribution in [2.45, 2.75) is 6.92 Å². The van der Waals surface area contributed by atoms with Crippen molar-refractivity contribution in [2.75, 3.05) is 26.1 Å². The van der Waals surface area contributed by atoms with Crippen molar-refractivity contribution in [2.24, 2.45) is 10.1 Å². The van der Waals surface area contributed by atoms with Gasteiger partial charge in [-0.3, -0.25) is 0 Å². The summed E-state index contributed by atoms with van der Waals surface area (Å²) < 4.78 is 5.36. The maximum absolute atomic E-state index is 12.9. The van der Waals surface area contributed by atoms with E-state index in [0.717, 1.165) is 27.0 Å². The standard InChI is InChI=1S/C24H24N6O2S/c1-4-32-23(31)21-20(16-10-6-5-7-11-16)19(33-22(21)25-15-30(2)3)14-26-29-24-27-17-12-8-9-13-18(17)28-24/h5-15H,4H2,1-3H3,(H2,27,28,29). The number of H-pyrrole nitrogens is 1. The highest BCUT2D eigenvalue weighted by Crippen LogP contribution is 2.41. The molecule has 2 N–H and O–H groups in total. The molecule has 2 aromatic carbocycles. The van der Waals surface area contributed by atoms with Gasteiger partial charge in [-0.1, -0.05) is 42.5 Å². The molecule has 9 heteroatoms. The summed E-state index contributed by atoms with van der Waals surface area (Å²) in [6.07, 6.45) is 3.34. The fourth-order valence-corrected chi connectivity index (χ4v) is 4.25. The fraction of sp³-hybridized carbons (Fsp3) is 0.167. The highest BCUT2D eigenvalue weighted by Gasteiger charge is 2.25. The fourth-order valence-electron chi connectivity index (χ4n) is 3.23. The van der Waals surface area contributed by atoms with Gasteiger partial charge in [0.05, 0.1) is 35.1 Å². The number of aliphatic imine (C=N–C) groups is 1. The number of esters is 1. The Morgan fingerprint density at radius 3 is 2.67 bits per heavy atom. The van der Waals surface area contributed by atoms with E-state index in [1.807, 2.05) is 73.6 Å². The van der Waals surface area contributed by atoms with E-state index in [0.29, 0.717) is 16.5 Å². The maximum Gasteiger partial charge on any atom is 0.341 e. The maximum atomic E-state index is 12.9. The van der Waals surface area contributed by atoms with Crippen LogP contribution in [0.25, 0.3) is 22.2 Å². The molecule has 0 saturated heterocycles. The van der Waals surface area contributed by atoms with Crippen LogP contribution in [0.1, 0.15) is 22.2 Å². The van der Waals surface area contributed by atoms with Gasteiger partial charge in [0, 0.05) is 19.7 Å². The smallest absolute Gasteiger partial charge is 0.341 e. The molecule has 33 heavy (non-hydrogen) atoms. The van der Waals surface area contributed by atoms with Crippen molar-refractivity contribution in [3.05, 3.63) is 65.0 Å². The van der Waals surface area contributed by atoms with Gasteiger partial charge in [0.25, 0.3) is 0 Å².